The van der Waals surface area contributed by atoms with E-state index < -0.39 is 0 Å². The number of hydrogen-bond donors (Lipinski definition) is 1. The van der Waals surface area contributed by atoms with Crippen LogP contribution < -0.4 is 5.32 Å². The SMILES string of the molecule is CCNC(C)C(C)c1nc(-c2nccn2C)no1. The quantitative estimate of drug-likeness (QED) is 0.871. The molecule has 0 aliphatic rings. The van der Waals surface area contributed by atoms with Gasteiger partial charge in [0.15, 0.2) is 5.82 Å². The summed E-state index contributed by atoms with van der Waals surface area (Å²) in [5, 5.41) is 7.34. The van der Waals surface area contributed by atoms with Crippen LogP contribution in [0.15, 0.2) is 16.9 Å². The van der Waals surface area contributed by atoms with Crippen LogP contribution in [0, 0.1) is 0 Å². The van der Waals surface area contributed by atoms with Crippen molar-refractivity contribution >= 4 is 0 Å². The van der Waals surface area contributed by atoms with E-state index in [1.165, 1.54) is 0 Å². The van der Waals surface area contributed by atoms with E-state index in [1.54, 1.807) is 6.20 Å². The van der Waals surface area contributed by atoms with E-state index >= 15 is 0 Å². The first-order chi connectivity index (χ1) is 8.63. The normalized spacial score (nSPS) is 14.7. The first-order valence-corrected chi connectivity index (χ1v) is 6.18. The molecule has 6 heteroatoms. The van der Waals surface area contributed by atoms with Crippen molar-refractivity contribution in [1.82, 2.24) is 25.0 Å². The molecule has 0 aromatic carbocycles. The molecule has 98 valence electrons. The summed E-state index contributed by atoms with van der Waals surface area (Å²) >= 11 is 0. The molecule has 2 aromatic heterocycles. The maximum absolute atomic E-state index is 5.32. The average molecular weight is 249 g/mol. The Bertz CT molecular complexity index is 504. The highest BCUT2D eigenvalue weighted by molar-refractivity contribution is 5.42. The summed E-state index contributed by atoms with van der Waals surface area (Å²) in [6.45, 7) is 7.18. The van der Waals surface area contributed by atoms with E-state index in [2.05, 4.69) is 41.2 Å². The summed E-state index contributed by atoms with van der Waals surface area (Å²) in [6.07, 6.45) is 3.58. The second-order valence-corrected chi connectivity index (χ2v) is 4.45. The summed E-state index contributed by atoms with van der Waals surface area (Å²) in [5.74, 6) is 2.06. The molecule has 2 rings (SSSR count). The Balaban J connectivity index is 2.18. The van der Waals surface area contributed by atoms with Crippen molar-refractivity contribution in [3.05, 3.63) is 18.3 Å². The van der Waals surface area contributed by atoms with E-state index in [-0.39, 0.29) is 5.92 Å². The molecule has 0 radical (unpaired) electrons. The number of aryl methyl sites for hydroxylation is 1. The predicted octanol–water partition coefficient (Wildman–Crippen LogP) is 1.57. The second kappa shape index (κ2) is 5.30. The summed E-state index contributed by atoms with van der Waals surface area (Å²) < 4.78 is 7.19. The topological polar surface area (TPSA) is 68.8 Å². The van der Waals surface area contributed by atoms with E-state index in [0.29, 0.717) is 23.6 Å². The van der Waals surface area contributed by atoms with Crippen molar-refractivity contribution in [2.75, 3.05) is 6.54 Å². The lowest BCUT2D eigenvalue weighted by Crippen LogP contribution is -2.30. The lowest BCUT2D eigenvalue weighted by Gasteiger charge is -2.16. The Morgan fingerprint density at radius 1 is 1.44 bits per heavy atom. The third-order valence-corrected chi connectivity index (χ3v) is 3.13. The number of imidazole rings is 1. The fourth-order valence-electron chi connectivity index (χ4n) is 1.80. The third-order valence-electron chi connectivity index (χ3n) is 3.13. The Labute approximate surface area is 106 Å². The van der Waals surface area contributed by atoms with Gasteiger partial charge in [-0.25, -0.2) is 4.98 Å². The van der Waals surface area contributed by atoms with E-state index in [0.717, 1.165) is 6.54 Å². The molecule has 0 fully saturated rings. The third kappa shape index (κ3) is 2.43. The number of likely N-dealkylation sites (N-methyl/N-ethyl adjacent to an activating group) is 1. The van der Waals surface area contributed by atoms with Crippen LogP contribution in [0.1, 0.15) is 32.6 Å². The summed E-state index contributed by atoms with van der Waals surface area (Å²) in [7, 11) is 1.91. The van der Waals surface area contributed by atoms with Gasteiger partial charge in [-0.15, -0.1) is 0 Å². The van der Waals surface area contributed by atoms with Crippen LogP contribution in [0.2, 0.25) is 0 Å². The van der Waals surface area contributed by atoms with Crippen LogP contribution in [-0.4, -0.2) is 32.3 Å². The Morgan fingerprint density at radius 2 is 2.22 bits per heavy atom. The molecule has 0 aliphatic carbocycles. The Hall–Kier alpha value is -1.69. The Morgan fingerprint density at radius 3 is 2.83 bits per heavy atom. The number of nitrogens with zero attached hydrogens (tertiary/aromatic N) is 4. The van der Waals surface area contributed by atoms with Crippen LogP contribution in [-0.2, 0) is 7.05 Å². The number of nitrogens with one attached hydrogen (secondary N) is 1. The van der Waals surface area contributed by atoms with E-state index in [9.17, 15) is 0 Å². The van der Waals surface area contributed by atoms with Gasteiger partial charge in [-0.2, -0.15) is 4.98 Å². The summed E-state index contributed by atoms with van der Waals surface area (Å²) in [5.41, 5.74) is 0. The fraction of sp³-hybridized carbons (Fsp3) is 0.583. The van der Waals surface area contributed by atoms with Crippen LogP contribution in [0.5, 0.6) is 0 Å². The van der Waals surface area contributed by atoms with Gasteiger partial charge in [0, 0.05) is 25.5 Å². The van der Waals surface area contributed by atoms with Crippen molar-refractivity contribution in [2.45, 2.75) is 32.7 Å². The summed E-state index contributed by atoms with van der Waals surface area (Å²) in [4.78, 5) is 8.62. The highest BCUT2D eigenvalue weighted by atomic mass is 16.5. The van der Waals surface area contributed by atoms with E-state index in [4.69, 9.17) is 4.52 Å². The van der Waals surface area contributed by atoms with Gasteiger partial charge >= 0.3 is 0 Å². The van der Waals surface area contributed by atoms with Gasteiger partial charge in [0.1, 0.15) is 0 Å². The molecule has 2 unspecified atom stereocenters. The molecule has 6 nitrogen and oxygen atoms in total. The molecule has 0 bridgehead atoms. The van der Waals surface area contributed by atoms with Gasteiger partial charge < -0.3 is 14.4 Å². The molecular formula is C12H19N5O. The smallest absolute Gasteiger partial charge is 0.238 e. The first kappa shape index (κ1) is 12.8. The van der Waals surface area contributed by atoms with Crippen LogP contribution in [0.3, 0.4) is 0 Å². The zero-order valence-corrected chi connectivity index (χ0v) is 11.2. The highest BCUT2D eigenvalue weighted by Crippen LogP contribution is 2.20. The second-order valence-electron chi connectivity index (χ2n) is 4.45. The maximum atomic E-state index is 5.32. The lowest BCUT2D eigenvalue weighted by molar-refractivity contribution is 0.332. The largest absolute Gasteiger partial charge is 0.339 e. The molecule has 0 amide bonds. The number of aromatic nitrogens is 4. The molecule has 2 aromatic rings. The van der Waals surface area contributed by atoms with Crippen molar-refractivity contribution in [1.29, 1.82) is 0 Å². The van der Waals surface area contributed by atoms with Gasteiger partial charge in [-0.3, -0.25) is 0 Å². The Kier molecular flexibility index (Phi) is 3.76. The molecule has 0 aliphatic heterocycles. The van der Waals surface area contributed by atoms with Gasteiger partial charge in [-0.05, 0) is 13.5 Å². The molecule has 0 saturated carbocycles. The average Bonchev–Trinajstić information content (AvgIpc) is 2.96. The monoisotopic (exact) mass is 249 g/mol. The minimum Gasteiger partial charge on any atom is -0.339 e. The fourth-order valence-corrected chi connectivity index (χ4v) is 1.80. The molecule has 2 atom stereocenters. The van der Waals surface area contributed by atoms with Gasteiger partial charge in [0.05, 0.1) is 5.92 Å². The number of rotatable bonds is 5. The van der Waals surface area contributed by atoms with Crippen LogP contribution >= 0.6 is 0 Å². The first-order valence-electron chi connectivity index (χ1n) is 6.18. The van der Waals surface area contributed by atoms with Crippen molar-refractivity contribution in [3.63, 3.8) is 0 Å². The van der Waals surface area contributed by atoms with Crippen molar-refractivity contribution < 1.29 is 4.52 Å². The minimum atomic E-state index is 0.173. The lowest BCUT2D eigenvalue weighted by atomic mass is 10.0. The zero-order chi connectivity index (χ0) is 13.1. The van der Waals surface area contributed by atoms with E-state index in [1.807, 2.05) is 17.8 Å². The molecule has 0 spiro atoms. The van der Waals surface area contributed by atoms with Crippen molar-refractivity contribution in [3.8, 4) is 11.6 Å². The molecule has 18 heavy (non-hydrogen) atoms. The van der Waals surface area contributed by atoms with Gasteiger partial charge in [0.2, 0.25) is 11.7 Å². The molecule has 1 N–H and O–H groups in total. The van der Waals surface area contributed by atoms with Crippen molar-refractivity contribution in [2.24, 2.45) is 7.05 Å². The van der Waals surface area contributed by atoms with Gasteiger partial charge in [-0.1, -0.05) is 19.0 Å². The maximum Gasteiger partial charge on any atom is 0.238 e. The van der Waals surface area contributed by atoms with Gasteiger partial charge in [0.25, 0.3) is 0 Å². The molecular weight excluding hydrogens is 230 g/mol. The zero-order valence-electron chi connectivity index (χ0n) is 11.2. The molecule has 0 saturated heterocycles. The summed E-state index contributed by atoms with van der Waals surface area (Å²) in [6, 6.07) is 0.296. The van der Waals surface area contributed by atoms with Crippen LogP contribution in [0.25, 0.3) is 11.6 Å². The standard InChI is InChI=1S/C12H19N5O/c1-5-13-9(3)8(2)12-15-10(16-18-12)11-14-6-7-17(11)4/h6-9,13H,5H2,1-4H3. The molecule has 2 heterocycles. The highest BCUT2D eigenvalue weighted by Gasteiger charge is 2.21. The van der Waals surface area contributed by atoms with Crippen LogP contribution in [0.4, 0.5) is 0 Å². The number of hydrogen-bond acceptors (Lipinski definition) is 5. The minimum absolute atomic E-state index is 0.173. The predicted molar refractivity (Wildman–Crippen MR) is 68.1 cm³/mol.